The van der Waals surface area contributed by atoms with Gasteiger partial charge in [-0.2, -0.15) is 0 Å². The van der Waals surface area contributed by atoms with Gasteiger partial charge in [-0.25, -0.2) is 4.79 Å². The first-order valence-corrected chi connectivity index (χ1v) is 6.34. The number of hydrogen-bond donors (Lipinski definition) is 1. The fourth-order valence-corrected chi connectivity index (χ4v) is 2.18. The van der Waals surface area contributed by atoms with Gasteiger partial charge in [0.15, 0.2) is 6.61 Å². The normalized spacial score (nSPS) is 13.5. The number of fused-ring (bicyclic) bond motifs is 1. The van der Waals surface area contributed by atoms with Gasteiger partial charge in [0, 0.05) is 12.4 Å². The lowest BCUT2D eigenvalue weighted by molar-refractivity contribution is -0.121. The standard InChI is InChI=1S/C15H12N2O4/c18-14-9-21-13-7-11(15(19)20)1-2-12(13)17(14)8-10-3-5-16-6-4-10/h1-7H,8-9H2,(H,19,20). The lowest BCUT2D eigenvalue weighted by Gasteiger charge is -2.29. The van der Waals surface area contributed by atoms with Crippen LogP contribution in [0.1, 0.15) is 15.9 Å². The number of carboxylic acid groups (broad SMARTS) is 1. The van der Waals surface area contributed by atoms with Crippen molar-refractivity contribution < 1.29 is 19.4 Å². The van der Waals surface area contributed by atoms with Crippen LogP contribution in [0.5, 0.6) is 5.75 Å². The van der Waals surface area contributed by atoms with E-state index in [1.54, 1.807) is 23.4 Å². The molecule has 1 aromatic carbocycles. The van der Waals surface area contributed by atoms with Crippen molar-refractivity contribution in [1.29, 1.82) is 0 Å². The smallest absolute Gasteiger partial charge is 0.335 e. The van der Waals surface area contributed by atoms with Gasteiger partial charge < -0.3 is 14.7 Å². The lowest BCUT2D eigenvalue weighted by atomic mass is 10.1. The van der Waals surface area contributed by atoms with Crippen LogP contribution >= 0.6 is 0 Å². The average Bonchev–Trinajstić information content (AvgIpc) is 2.50. The van der Waals surface area contributed by atoms with Crippen molar-refractivity contribution in [2.24, 2.45) is 0 Å². The van der Waals surface area contributed by atoms with E-state index in [0.717, 1.165) is 5.56 Å². The summed E-state index contributed by atoms with van der Waals surface area (Å²) in [5.74, 6) is -0.787. The van der Waals surface area contributed by atoms with E-state index in [9.17, 15) is 9.59 Å². The molecule has 0 spiro atoms. The van der Waals surface area contributed by atoms with Crippen molar-refractivity contribution in [2.75, 3.05) is 11.5 Å². The second-order valence-electron chi connectivity index (χ2n) is 4.61. The van der Waals surface area contributed by atoms with Crippen LogP contribution in [0.3, 0.4) is 0 Å². The lowest BCUT2D eigenvalue weighted by Crippen LogP contribution is -2.38. The fourth-order valence-electron chi connectivity index (χ4n) is 2.18. The van der Waals surface area contributed by atoms with Crippen LogP contribution < -0.4 is 9.64 Å². The monoisotopic (exact) mass is 284 g/mol. The molecule has 1 aromatic heterocycles. The summed E-state index contributed by atoms with van der Waals surface area (Å²) in [6.07, 6.45) is 3.32. The molecule has 3 rings (SSSR count). The minimum Gasteiger partial charge on any atom is -0.482 e. The second kappa shape index (κ2) is 5.24. The van der Waals surface area contributed by atoms with E-state index < -0.39 is 5.97 Å². The van der Waals surface area contributed by atoms with Gasteiger partial charge in [0.1, 0.15) is 5.75 Å². The van der Waals surface area contributed by atoms with Crippen LogP contribution in [0.25, 0.3) is 0 Å². The molecule has 0 aliphatic carbocycles. The SMILES string of the molecule is O=C(O)c1ccc2c(c1)OCC(=O)N2Cc1ccncc1. The zero-order valence-electron chi connectivity index (χ0n) is 11.0. The third-order valence-electron chi connectivity index (χ3n) is 3.24. The van der Waals surface area contributed by atoms with Gasteiger partial charge in [-0.05, 0) is 35.9 Å². The number of carboxylic acids is 1. The number of carbonyl (C=O) groups excluding carboxylic acids is 1. The summed E-state index contributed by atoms with van der Waals surface area (Å²) in [7, 11) is 0. The molecule has 0 fully saturated rings. The molecule has 0 saturated carbocycles. The summed E-state index contributed by atoms with van der Waals surface area (Å²) in [6.45, 7) is 0.297. The van der Waals surface area contributed by atoms with Crippen LogP contribution in [0, 0.1) is 0 Å². The van der Waals surface area contributed by atoms with E-state index in [2.05, 4.69) is 4.98 Å². The molecule has 2 heterocycles. The van der Waals surface area contributed by atoms with Crippen molar-refractivity contribution in [3.8, 4) is 5.75 Å². The summed E-state index contributed by atoms with van der Waals surface area (Å²) >= 11 is 0. The summed E-state index contributed by atoms with van der Waals surface area (Å²) in [6, 6.07) is 8.14. The topological polar surface area (TPSA) is 79.7 Å². The number of amides is 1. The van der Waals surface area contributed by atoms with Crippen LogP contribution in [0.15, 0.2) is 42.7 Å². The van der Waals surface area contributed by atoms with Crippen LogP contribution in [0.4, 0.5) is 5.69 Å². The number of aromatic nitrogens is 1. The van der Waals surface area contributed by atoms with Gasteiger partial charge in [-0.3, -0.25) is 9.78 Å². The Labute approximate surface area is 120 Å². The zero-order valence-corrected chi connectivity index (χ0v) is 11.0. The molecule has 0 unspecified atom stereocenters. The number of ether oxygens (including phenoxy) is 1. The average molecular weight is 284 g/mol. The number of benzene rings is 1. The quantitative estimate of drug-likeness (QED) is 0.928. The number of pyridine rings is 1. The van der Waals surface area contributed by atoms with Crippen molar-refractivity contribution in [1.82, 2.24) is 4.98 Å². The van der Waals surface area contributed by atoms with Crippen molar-refractivity contribution in [3.05, 3.63) is 53.9 Å². The van der Waals surface area contributed by atoms with E-state index >= 15 is 0 Å². The number of carbonyl (C=O) groups is 2. The van der Waals surface area contributed by atoms with Crippen molar-refractivity contribution in [2.45, 2.75) is 6.54 Å². The van der Waals surface area contributed by atoms with E-state index in [1.807, 2.05) is 12.1 Å². The maximum absolute atomic E-state index is 12.0. The summed E-state index contributed by atoms with van der Waals surface area (Å²) in [5, 5.41) is 9.00. The Hall–Kier alpha value is -2.89. The summed E-state index contributed by atoms with van der Waals surface area (Å²) in [5.41, 5.74) is 1.65. The van der Waals surface area contributed by atoms with Gasteiger partial charge in [-0.1, -0.05) is 0 Å². The van der Waals surface area contributed by atoms with Crippen molar-refractivity contribution >= 4 is 17.6 Å². The third-order valence-corrected chi connectivity index (χ3v) is 3.24. The molecule has 106 valence electrons. The van der Waals surface area contributed by atoms with E-state index in [1.165, 1.54) is 12.1 Å². The summed E-state index contributed by atoms with van der Waals surface area (Å²) in [4.78, 5) is 28.6. The number of hydrogen-bond acceptors (Lipinski definition) is 4. The Kier molecular flexibility index (Phi) is 3.27. The van der Waals surface area contributed by atoms with E-state index in [0.29, 0.717) is 18.0 Å². The highest BCUT2D eigenvalue weighted by Gasteiger charge is 2.26. The van der Waals surface area contributed by atoms with Gasteiger partial charge in [0.2, 0.25) is 0 Å². The third kappa shape index (κ3) is 2.55. The molecular weight excluding hydrogens is 272 g/mol. The van der Waals surface area contributed by atoms with Crippen LogP contribution in [0.2, 0.25) is 0 Å². The maximum atomic E-state index is 12.0. The number of nitrogens with zero attached hydrogens (tertiary/aromatic N) is 2. The number of rotatable bonds is 3. The first-order chi connectivity index (χ1) is 10.1. The largest absolute Gasteiger partial charge is 0.482 e. The van der Waals surface area contributed by atoms with Gasteiger partial charge in [0.05, 0.1) is 17.8 Å². The molecular formula is C15H12N2O4. The van der Waals surface area contributed by atoms with Gasteiger partial charge in [-0.15, -0.1) is 0 Å². The fraction of sp³-hybridized carbons (Fsp3) is 0.133. The molecule has 0 bridgehead atoms. The highest BCUT2D eigenvalue weighted by Crippen LogP contribution is 2.33. The first kappa shape index (κ1) is 13.1. The molecule has 0 saturated heterocycles. The van der Waals surface area contributed by atoms with Crippen LogP contribution in [-0.2, 0) is 11.3 Å². The molecule has 1 aliphatic heterocycles. The Balaban J connectivity index is 1.95. The number of anilines is 1. The summed E-state index contributed by atoms with van der Waals surface area (Å²) < 4.78 is 5.33. The Morgan fingerprint density at radius 3 is 2.76 bits per heavy atom. The number of aromatic carboxylic acids is 1. The Bertz CT molecular complexity index is 700. The molecule has 21 heavy (non-hydrogen) atoms. The molecule has 1 amide bonds. The van der Waals surface area contributed by atoms with Gasteiger partial charge >= 0.3 is 5.97 Å². The predicted octanol–water partition coefficient (Wildman–Crippen LogP) is 1.71. The highest BCUT2D eigenvalue weighted by atomic mass is 16.5. The maximum Gasteiger partial charge on any atom is 0.335 e. The predicted molar refractivity (Wildman–Crippen MR) is 74.3 cm³/mol. The van der Waals surface area contributed by atoms with Crippen LogP contribution in [-0.4, -0.2) is 28.6 Å². The highest BCUT2D eigenvalue weighted by molar-refractivity contribution is 5.99. The van der Waals surface area contributed by atoms with E-state index in [-0.39, 0.29) is 18.1 Å². The minimum absolute atomic E-state index is 0.0961. The zero-order chi connectivity index (χ0) is 14.8. The Morgan fingerprint density at radius 2 is 2.05 bits per heavy atom. The molecule has 6 heteroatoms. The molecule has 2 aromatic rings. The Morgan fingerprint density at radius 1 is 1.29 bits per heavy atom. The molecule has 0 radical (unpaired) electrons. The van der Waals surface area contributed by atoms with Gasteiger partial charge in [0.25, 0.3) is 5.91 Å². The molecule has 6 nitrogen and oxygen atoms in total. The molecule has 1 N–H and O–H groups in total. The van der Waals surface area contributed by atoms with Crippen molar-refractivity contribution in [3.63, 3.8) is 0 Å². The minimum atomic E-state index is -1.03. The van der Waals surface area contributed by atoms with E-state index in [4.69, 9.17) is 9.84 Å². The molecule has 1 aliphatic rings. The first-order valence-electron chi connectivity index (χ1n) is 6.34. The second-order valence-corrected chi connectivity index (χ2v) is 4.61. The molecule has 0 atom stereocenters.